The number of aromatic nitrogens is 4. The first-order valence-electron chi connectivity index (χ1n) is 7.62. The Morgan fingerprint density at radius 2 is 1.96 bits per heavy atom. The summed E-state index contributed by atoms with van der Waals surface area (Å²) < 4.78 is 12.8. The Morgan fingerprint density at radius 1 is 1.16 bits per heavy atom. The first-order chi connectivity index (χ1) is 12.2. The molecule has 2 aromatic carbocycles. The molecule has 3 rings (SSSR count). The van der Waals surface area contributed by atoms with E-state index < -0.39 is 0 Å². The predicted octanol–water partition coefficient (Wildman–Crippen LogP) is 3.80. The van der Waals surface area contributed by atoms with Crippen LogP contribution in [0.2, 0.25) is 5.02 Å². The number of ether oxygens (including phenoxy) is 2. The standard InChI is InChI=1S/C17H17ClN4O2S/c1-12-3-8-16(23-2)15(11-12)22-17(19-20-21-22)25-10-9-24-14-6-4-13(18)5-7-14/h3-8,11H,9-10H2,1-2H3. The highest BCUT2D eigenvalue weighted by molar-refractivity contribution is 7.99. The van der Waals surface area contributed by atoms with Crippen LogP contribution >= 0.6 is 23.4 Å². The van der Waals surface area contributed by atoms with Crippen LogP contribution in [0.25, 0.3) is 5.69 Å². The minimum Gasteiger partial charge on any atom is -0.494 e. The van der Waals surface area contributed by atoms with E-state index in [2.05, 4.69) is 15.5 Å². The van der Waals surface area contributed by atoms with Gasteiger partial charge in [0.2, 0.25) is 5.16 Å². The Bertz CT molecular complexity index is 839. The van der Waals surface area contributed by atoms with E-state index in [-0.39, 0.29) is 0 Å². The molecule has 0 radical (unpaired) electrons. The van der Waals surface area contributed by atoms with E-state index in [1.165, 1.54) is 11.8 Å². The quantitative estimate of drug-likeness (QED) is 0.461. The molecule has 0 aliphatic heterocycles. The third-order valence-electron chi connectivity index (χ3n) is 3.40. The maximum atomic E-state index is 5.86. The Balaban J connectivity index is 1.64. The van der Waals surface area contributed by atoms with Crippen molar-refractivity contribution < 1.29 is 9.47 Å². The van der Waals surface area contributed by atoms with Gasteiger partial charge in [-0.3, -0.25) is 0 Å². The molecule has 0 bridgehead atoms. The highest BCUT2D eigenvalue weighted by Crippen LogP contribution is 2.27. The number of hydrogen-bond acceptors (Lipinski definition) is 6. The van der Waals surface area contributed by atoms with Crippen molar-refractivity contribution in [2.75, 3.05) is 19.5 Å². The summed E-state index contributed by atoms with van der Waals surface area (Å²) in [6.07, 6.45) is 0. The van der Waals surface area contributed by atoms with E-state index in [0.717, 1.165) is 22.7 Å². The van der Waals surface area contributed by atoms with Crippen LogP contribution in [0.3, 0.4) is 0 Å². The number of aryl methyl sites for hydroxylation is 1. The second-order valence-electron chi connectivity index (χ2n) is 5.20. The van der Waals surface area contributed by atoms with Crippen LogP contribution in [0.1, 0.15) is 5.56 Å². The van der Waals surface area contributed by atoms with E-state index in [1.807, 2.05) is 37.3 Å². The van der Waals surface area contributed by atoms with Gasteiger partial charge >= 0.3 is 0 Å². The van der Waals surface area contributed by atoms with Crippen LogP contribution in [0, 0.1) is 6.92 Å². The fraction of sp³-hybridized carbons (Fsp3) is 0.235. The molecule has 130 valence electrons. The van der Waals surface area contributed by atoms with Gasteiger partial charge in [-0.2, -0.15) is 4.68 Å². The molecule has 0 unspecified atom stereocenters. The summed E-state index contributed by atoms with van der Waals surface area (Å²) in [6, 6.07) is 13.2. The van der Waals surface area contributed by atoms with Gasteiger partial charge in [-0.15, -0.1) is 5.10 Å². The lowest BCUT2D eigenvalue weighted by Crippen LogP contribution is -2.05. The molecule has 6 nitrogen and oxygen atoms in total. The van der Waals surface area contributed by atoms with Crippen molar-refractivity contribution in [3.05, 3.63) is 53.1 Å². The van der Waals surface area contributed by atoms with E-state index in [4.69, 9.17) is 21.1 Å². The second kappa shape index (κ2) is 8.22. The fourth-order valence-corrected chi connectivity index (χ4v) is 3.04. The summed E-state index contributed by atoms with van der Waals surface area (Å²) in [4.78, 5) is 0. The summed E-state index contributed by atoms with van der Waals surface area (Å²) in [7, 11) is 1.63. The minimum atomic E-state index is 0.532. The van der Waals surface area contributed by atoms with Crippen LogP contribution in [0.15, 0.2) is 47.6 Å². The number of rotatable bonds is 7. The molecule has 8 heteroatoms. The number of benzene rings is 2. The Hall–Kier alpha value is -2.25. The van der Waals surface area contributed by atoms with E-state index >= 15 is 0 Å². The number of thioether (sulfide) groups is 1. The molecule has 0 saturated heterocycles. The lowest BCUT2D eigenvalue weighted by molar-refractivity contribution is 0.344. The Labute approximate surface area is 155 Å². The van der Waals surface area contributed by atoms with Crippen LogP contribution in [0.5, 0.6) is 11.5 Å². The number of halogens is 1. The van der Waals surface area contributed by atoms with Crippen molar-refractivity contribution in [3.63, 3.8) is 0 Å². The van der Waals surface area contributed by atoms with Gasteiger partial charge in [-0.1, -0.05) is 29.4 Å². The molecule has 0 fully saturated rings. The summed E-state index contributed by atoms with van der Waals surface area (Å²) in [5.41, 5.74) is 1.92. The van der Waals surface area contributed by atoms with Gasteiger partial charge in [0.1, 0.15) is 17.2 Å². The van der Waals surface area contributed by atoms with E-state index in [9.17, 15) is 0 Å². The molecule has 0 saturated carbocycles. The number of hydrogen-bond donors (Lipinski definition) is 0. The summed E-state index contributed by atoms with van der Waals surface area (Å²) >= 11 is 7.37. The summed E-state index contributed by atoms with van der Waals surface area (Å²) in [5.74, 6) is 2.21. The summed E-state index contributed by atoms with van der Waals surface area (Å²) in [6.45, 7) is 2.55. The fourth-order valence-electron chi connectivity index (χ4n) is 2.21. The zero-order chi connectivity index (χ0) is 17.6. The van der Waals surface area contributed by atoms with Gasteiger partial charge in [0.15, 0.2) is 0 Å². The van der Waals surface area contributed by atoms with Crippen molar-refractivity contribution in [3.8, 4) is 17.2 Å². The SMILES string of the molecule is COc1ccc(C)cc1-n1nnnc1SCCOc1ccc(Cl)cc1. The molecule has 0 spiro atoms. The third-order valence-corrected chi connectivity index (χ3v) is 4.54. The van der Waals surface area contributed by atoms with Gasteiger partial charge in [0, 0.05) is 10.8 Å². The molecule has 3 aromatic rings. The Kier molecular flexibility index (Phi) is 5.78. The van der Waals surface area contributed by atoms with Gasteiger partial charge < -0.3 is 9.47 Å². The molecule has 0 aliphatic rings. The average Bonchev–Trinajstić information content (AvgIpc) is 3.08. The van der Waals surface area contributed by atoms with Crippen molar-refractivity contribution in [2.24, 2.45) is 0 Å². The van der Waals surface area contributed by atoms with Crippen LogP contribution < -0.4 is 9.47 Å². The van der Waals surface area contributed by atoms with Crippen molar-refractivity contribution in [1.29, 1.82) is 0 Å². The zero-order valence-corrected chi connectivity index (χ0v) is 15.4. The highest BCUT2D eigenvalue weighted by Gasteiger charge is 2.13. The molecule has 0 N–H and O–H groups in total. The van der Waals surface area contributed by atoms with Crippen LogP contribution in [-0.4, -0.2) is 39.7 Å². The smallest absolute Gasteiger partial charge is 0.214 e. The van der Waals surface area contributed by atoms with Gasteiger partial charge in [0.05, 0.1) is 13.7 Å². The van der Waals surface area contributed by atoms with Gasteiger partial charge in [0.25, 0.3) is 0 Å². The molecular weight excluding hydrogens is 360 g/mol. The first-order valence-corrected chi connectivity index (χ1v) is 8.98. The predicted molar refractivity (Wildman–Crippen MR) is 98.1 cm³/mol. The molecule has 1 aromatic heterocycles. The summed E-state index contributed by atoms with van der Waals surface area (Å²) in [5, 5.41) is 13.3. The van der Waals surface area contributed by atoms with Crippen molar-refractivity contribution in [2.45, 2.75) is 12.1 Å². The molecule has 1 heterocycles. The maximum absolute atomic E-state index is 5.86. The van der Waals surface area contributed by atoms with Crippen LogP contribution in [0.4, 0.5) is 0 Å². The topological polar surface area (TPSA) is 62.1 Å². The molecule has 0 aliphatic carbocycles. The third kappa shape index (κ3) is 4.43. The lowest BCUT2D eigenvalue weighted by atomic mass is 10.2. The van der Waals surface area contributed by atoms with E-state index in [0.29, 0.717) is 22.5 Å². The lowest BCUT2D eigenvalue weighted by Gasteiger charge is -2.10. The van der Waals surface area contributed by atoms with E-state index in [1.54, 1.807) is 23.9 Å². The number of tetrazole rings is 1. The molecule has 0 atom stereocenters. The van der Waals surface area contributed by atoms with Crippen LogP contribution in [-0.2, 0) is 0 Å². The molecule has 0 amide bonds. The molecule has 25 heavy (non-hydrogen) atoms. The second-order valence-corrected chi connectivity index (χ2v) is 6.70. The van der Waals surface area contributed by atoms with Gasteiger partial charge in [-0.25, -0.2) is 0 Å². The van der Waals surface area contributed by atoms with Crippen molar-refractivity contribution >= 4 is 23.4 Å². The monoisotopic (exact) mass is 376 g/mol. The maximum Gasteiger partial charge on any atom is 0.214 e. The molecular formula is C17H17ClN4O2S. The van der Waals surface area contributed by atoms with Gasteiger partial charge in [-0.05, 0) is 59.3 Å². The minimum absolute atomic E-state index is 0.532. The zero-order valence-electron chi connectivity index (χ0n) is 13.8. The Morgan fingerprint density at radius 3 is 2.72 bits per heavy atom. The van der Waals surface area contributed by atoms with Crippen molar-refractivity contribution in [1.82, 2.24) is 20.2 Å². The number of nitrogens with zero attached hydrogens (tertiary/aromatic N) is 4. The first kappa shape index (κ1) is 17.6. The average molecular weight is 377 g/mol. The normalized spacial score (nSPS) is 10.7. The number of methoxy groups -OCH3 is 1. The highest BCUT2D eigenvalue weighted by atomic mass is 35.5. The largest absolute Gasteiger partial charge is 0.494 e.